The SMILES string of the molecule is CCOC(=O)c1cccc2c(C(C)C)cn(C)c(=O)c12. The lowest BCUT2D eigenvalue weighted by molar-refractivity contribution is 0.0528. The smallest absolute Gasteiger partial charge is 0.338 e. The van der Waals surface area contributed by atoms with Crippen molar-refractivity contribution < 1.29 is 9.53 Å². The van der Waals surface area contributed by atoms with E-state index in [0.29, 0.717) is 17.6 Å². The molecule has 0 aliphatic rings. The average Bonchev–Trinajstić information content (AvgIpc) is 2.42. The van der Waals surface area contributed by atoms with E-state index in [2.05, 4.69) is 13.8 Å². The van der Waals surface area contributed by atoms with Gasteiger partial charge in [-0.3, -0.25) is 4.79 Å². The van der Waals surface area contributed by atoms with Crippen LogP contribution >= 0.6 is 0 Å². The molecule has 4 nitrogen and oxygen atoms in total. The molecule has 0 saturated heterocycles. The third-order valence-electron chi connectivity index (χ3n) is 3.36. The third kappa shape index (κ3) is 2.33. The highest BCUT2D eigenvalue weighted by Crippen LogP contribution is 2.25. The third-order valence-corrected chi connectivity index (χ3v) is 3.36. The summed E-state index contributed by atoms with van der Waals surface area (Å²) in [6, 6.07) is 5.32. The lowest BCUT2D eigenvalue weighted by Gasteiger charge is -2.14. The maximum absolute atomic E-state index is 12.4. The Kier molecular flexibility index (Phi) is 3.93. The van der Waals surface area contributed by atoms with Gasteiger partial charge in [-0.2, -0.15) is 0 Å². The van der Waals surface area contributed by atoms with E-state index in [1.165, 1.54) is 4.57 Å². The van der Waals surface area contributed by atoms with Crippen LogP contribution in [0, 0.1) is 0 Å². The highest BCUT2D eigenvalue weighted by Gasteiger charge is 2.17. The molecule has 0 fully saturated rings. The van der Waals surface area contributed by atoms with Crippen LogP contribution in [0.3, 0.4) is 0 Å². The summed E-state index contributed by atoms with van der Waals surface area (Å²) in [5.74, 6) is -0.183. The van der Waals surface area contributed by atoms with Gasteiger partial charge in [0, 0.05) is 13.2 Å². The Balaban J connectivity index is 2.86. The van der Waals surface area contributed by atoms with E-state index in [0.717, 1.165) is 10.9 Å². The van der Waals surface area contributed by atoms with E-state index in [1.807, 2.05) is 12.3 Å². The lowest BCUT2D eigenvalue weighted by atomic mass is 9.96. The number of hydrogen-bond acceptors (Lipinski definition) is 3. The Labute approximate surface area is 118 Å². The van der Waals surface area contributed by atoms with Gasteiger partial charge in [0.15, 0.2) is 0 Å². The molecule has 4 heteroatoms. The minimum Gasteiger partial charge on any atom is -0.462 e. The van der Waals surface area contributed by atoms with Crippen molar-refractivity contribution in [2.45, 2.75) is 26.7 Å². The Bertz CT molecular complexity index is 713. The number of esters is 1. The topological polar surface area (TPSA) is 48.3 Å². The van der Waals surface area contributed by atoms with Crippen LogP contribution in [0.4, 0.5) is 0 Å². The van der Waals surface area contributed by atoms with Crippen LogP contribution < -0.4 is 5.56 Å². The second-order valence-electron chi connectivity index (χ2n) is 5.10. The number of fused-ring (bicyclic) bond motifs is 1. The van der Waals surface area contributed by atoms with Crippen LogP contribution in [-0.2, 0) is 11.8 Å². The summed E-state index contributed by atoms with van der Waals surface area (Å²) >= 11 is 0. The highest BCUT2D eigenvalue weighted by molar-refractivity contribution is 6.05. The quantitative estimate of drug-likeness (QED) is 0.808. The van der Waals surface area contributed by atoms with Crippen LogP contribution in [0.25, 0.3) is 10.8 Å². The molecule has 20 heavy (non-hydrogen) atoms. The predicted molar refractivity (Wildman–Crippen MR) is 79.2 cm³/mol. The van der Waals surface area contributed by atoms with Gasteiger partial charge in [-0.25, -0.2) is 4.79 Å². The summed E-state index contributed by atoms with van der Waals surface area (Å²) < 4.78 is 6.57. The van der Waals surface area contributed by atoms with E-state index in [4.69, 9.17) is 4.74 Å². The van der Waals surface area contributed by atoms with Crippen LogP contribution in [-0.4, -0.2) is 17.1 Å². The fourth-order valence-corrected chi connectivity index (χ4v) is 2.38. The monoisotopic (exact) mass is 273 g/mol. The van der Waals surface area contributed by atoms with Crippen molar-refractivity contribution in [3.8, 4) is 0 Å². The van der Waals surface area contributed by atoms with E-state index >= 15 is 0 Å². The normalized spacial score (nSPS) is 11.1. The van der Waals surface area contributed by atoms with Gasteiger partial charge in [0.1, 0.15) is 0 Å². The number of aromatic nitrogens is 1. The molecule has 1 aromatic heterocycles. The average molecular weight is 273 g/mol. The van der Waals surface area contributed by atoms with Crippen molar-refractivity contribution in [3.05, 3.63) is 45.9 Å². The molecule has 0 saturated carbocycles. The first-order valence-electron chi connectivity index (χ1n) is 6.76. The maximum Gasteiger partial charge on any atom is 0.338 e. The number of nitrogens with zero attached hydrogens (tertiary/aromatic N) is 1. The van der Waals surface area contributed by atoms with Gasteiger partial charge in [-0.15, -0.1) is 0 Å². The zero-order valence-corrected chi connectivity index (χ0v) is 12.3. The molecule has 0 spiro atoms. The maximum atomic E-state index is 12.4. The number of carbonyl (C=O) groups is 1. The minimum atomic E-state index is -0.448. The summed E-state index contributed by atoms with van der Waals surface area (Å²) in [6.07, 6.45) is 1.84. The molecule has 2 rings (SSSR count). The number of pyridine rings is 1. The van der Waals surface area contributed by atoms with E-state index in [-0.39, 0.29) is 11.5 Å². The Morgan fingerprint density at radius 3 is 2.65 bits per heavy atom. The van der Waals surface area contributed by atoms with Gasteiger partial charge in [-0.05, 0) is 29.9 Å². The molecule has 0 atom stereocenters. The molecule has 1 heterocycles. The first-order chi connectivity index (χ1) is 9.47. The molecular formula is C16H19NO3. The Hall–Kier alpha value is -2.10. The molecule has 0 radical (unpaired) electrons. The highest BCUT2D eigenvalue weighted by atomic mass is 16.5. The van der Waals surface area contributed by atoms with Gasteiger partial charge >= 0.3 is 5.97 Å². The number of rotatable bonds is 3. The van der Waals surface area contributed by atoms with E-state index in [1.54, 1.807) is 26.1 Å². The van der Waals surface area contributed by atoms with Gasteiger partial charge < -0.3 is 9.30 Å². The van der Waals surface area contributed by atoms with Gasteiger partial charge in [0.05, 0.1) is 17.6 Å². The Morgan fingerprint density at radius 2 is 2.05 bits per heavy atom. The van der Waals surface area contributed by atoms with Gasteiger partial charge in [0.2, 0.25) is 0 Å². The molecular weight excluding hydrogens is 254 g/mol. The van der Waals surface area contributed by atoms with Crippen molar-refractivity contribution in [1.29, 1.82) is 0 Å². The number of hydrogen-bond donors (Lipinski definition) is 0. The lowest BCUT2D eigenvalue weighted by Crippen LogP contribution is -2.21. The number of ether oxygens (including phenoxy) is 1. The van der Waals surface area contributed by atoms with Crippen molar-refractivity contribution in [2.75, 3.05) is 6.61 Å². The van der Waals surface area contributed by atoms with Gasteiger partial charge in [-0.1, -0.05) is 26.0 Å². The van der Waals surface area contributed by atoms with Crippen LogP contribution in [0.5, 0.6) is 0 Å². The zero-order chi connectivity index (χ0) is 14.9. The number of aryl methyl sites for hydroxylation is 1. The van der Waals surface area contributed by atoms with E-state index in [9.17, 15) is 9.59 Å². The Morgan fingerprint density at radius 1 is 1.35 bits per heavy atom. The van der Waals surface area contributed by atoms with Gasteiger partial charge in [0.25, 0.3) is 5.56 Å². The van der Waals surface area contributed by atoms with Crippen LogP contribution in [0.1, 0.15) is 42.6 Å². The van der Waals surface area contributed by atoms with Crippen LogP contribution in [0.15, 0.2) is 29.2 Å². The molecule has 0 N–H and O–H groups in total. The fraction of sp³-hybridized carbons (Fsp3) is 0.375. The summed E-state index contributed by atoms with van der Waals surface area (Å²) in [5, 5.41) is 1.27. The minimum absolute atomic E-state index is 0.173. The number of carbonyl (C=O) groups excluding carboxylic acids is 1. The van der Waals surface area contributed by atoms with E-state index < -0.39 is 5.97 Å². The first kappa shape index (κ1) is 14.3. The molecule has 0 aliphatic heterocycles. The zero-order valence-electron chi connectivity index (χ0n) is 12.3. The second kappa shape index (κ2) is 5.49. The molecule has 0 amide bonds. The van der Waals surface area contributed by atoms with Crippen LogP contribution in [0.2, 0.25) is 0 Å². The molecule has 0 unspecified atom stereocenters. The molecule has 0 aliphatic carbocycles. The summed E-state index contributed by atoms with van der Waals surface area (Å²) in [5.41, 5.74) is 1.22. The fourth-order valence-electron chi connectivity index (χ4n) is 2.38. The predicted octanol–water partition coefficient (Wildman–Crippen LogP) is 2.84. The standard InChI is InChI=1S/C16H19NO3/c1-5-20-16(19)12-8-6-7-11-13(10(2)3)9-17(4)15(18)14(11)12/h6-10H,5H2,1-4H3. The summed E-state index contributed by atoms with van der Waals surface area (Å²) in [7, 11) is 1.70. The molecule has 106 valence electrons. The first-order valence-corrected chi connectivity index (χ1v) is 6.76. The van der Waals surface area contributed by atoms with Crippen molar-refractivity contribution in [1.82, 2.24) is 4.57 Å². The molecule has 1 aromatic carbocycles. The largest absolute Gasteiger partial charge is 0.462 e. The number of benzene rings is 1. The summed E-state index contributed by atoms with van der Waals surface area (Å²) in [4.78, 5) is 24.4. The second-order valence-corrected chi connectivity index (χ2v) is 5.10. The van der Waals surface area contributed by atoms with Crippen molar-refractivity contribution >= 4 is 16.7 Å². The van der Waals surface area contributed by atoms with Crippen molar-refractivity contribution in [3.63, 3.8) is 0 Å². The van der Waals surface area contributed by atoms with Crippen molar-refractivity contribution in [2.24, 2.45) is 7.05 Å². The molecule has 2 aromatic rings. The summed E-state index contributed by atoms with van der Waals surface area (Å²) in [6.45, 7) is 6.17. The molecule has 0 bridgehead atoms.